The average molecular weight is 184 g/mol. The molecule has 0 aromatic carbocycles. The summed E-state index contributed by atoms with van der Waals surface area (Å²) in [5.74, 6) is -0.583. The number of ketones is 1. The van der Waals surface area contributed by atoms with E-state index in [9.17, 15) is 9.59 Å². The van der Waals surface area contributed by atoms with Crippen LogP contribution in [0.3, 0.4) is 0 Å². The second-order valence-electron chi connectivity index (χ2n) is 2.79. The molecular formula is C7H12N4O2. The fraction of sp³-hybridized carbons (Fsp3) is 0.714. The number of amides is 1. The number of carbonyl (C=O) groups is 2. The molecule has 0 unspecified atom stereocenters. The lowest BCUT2D eigenvalue weighted by atomic mass is 10.1. The van der Waals surface area contributed by atoms with Crippen molar-refractivity contribution in [2.45, 2.75) is 13.8 Å². The highest BCUT2D eigenvalue weighted by Gasteiger charge is 2.07. The molecular weight excluding hydrogens is 172 g/mol. The van der Waals surface area contributed by atoms with Crippen LogP contribution in [0.1, 0.15) is 13.8 Å². The smallest absolute Gasteiger partial charge is 0.226 e. The van der Waals surface area contributed by atoms with Gasteiger partial charge in [0.05, 0.1) is 6.54 Å². The minimum atomic E-state index is -0.438. The number of hydrogen-bond donors (Lipinski definition) is 1. The lowest BCUT2D eigenvalue weighted by molar-refractivity contribution is -0.125. The van der Waals surface area contributed by atoms with Crippen LogP contribution in [0.4, 0.5) is 0 Å². The molecule has 0 radical (unpaired) electrons. The van der Waals surface area contributed by atoms with Gasteiger partial charge in [0.25, 0.3) is 0 Å². The quantitative estimate of drug-likeness (QED) is 0.385. The number of Topliss-reactive ketones (excluding diaryl/α,β-unsaturated/α-hetero) is 1. The first-order chi connectivity index (χ1) is 6.07. The number of nitrogens with one attached hydrogen (secondary N) is 1. The third kappa shape index (κ3) is 5.69. The lowest BCUT2D eigenvalue weighted by Gasteiger charge is -2.04. The van der Waals surface area contributed by atoms with Gasteiger partial charge in [0.15, 0.2) is 5.78 Å². The largest absolute Gasteiger partial charge is 0.349 e. The molecule has 0 aliphatic rings. The summed E-state index contributed by atoms with van der Waals surface area (Å²) in [6, 6.07) is 0. The monoisotopic (exact) mass is 184 g/mol. The number of hydrogen-bond acceptors (Lipinski definition) is 3. The number of nitrogens with zero attached hydrogens (tertiary/aromatic N) is 3. The van der Waals surface area contributed by atoms with E-state index in [0.29, 0.717) is 0 Å². The van der Waals surface area contributed by atoms with Crippen LogP contribution in [0.25, 0.3) is 10.4 Å². The van der Waals surface area contributed by atoms with E-state index >= 15 is 0 Å². The van der Waals surface area contributed by atoms with Crippen LogP contribution in [0.15, 0.2) is 5.11 Å². The van der Waals surface area contributed by atoms with E-state index < -0.39 is 5.91 Å². The van der Waals surface area contributed by atoms with Crippen LogP contribution in [0.5, 0.6) is 0 Å². The van der Waals surface area contributed by atoms with E-state index in [4.69, 9.17) is 5.53 Å². The van der Waals surface area contributed by atoms with E-state index in [1.807, 2.05) is 0 Å². The van der Waals surface area contributed by atoms with Crippen molar-refractivity contribution in [3.63, 3.8) is 0 Å². The molecule has 0 bridgehead atoms. The van der Waals surface area contributed by atoms with Gasteiger partial charge in [0.1, 0.15) is 6.54 Å². The molecule has 72 valence electrons. The molecule has 0 saturated heterocycles. The molecule has 6 nitrogen and oxygen atoms in total. The maximum atomic E-state index is 11.0. The summed E-state index contributed by atoms with van der Waals surface area (Å²) in [5.41, 5.74) is 7.89. The van der Waals surface area contributed by atoms with Gasteiger partial charge in [-0.3, -0.25) is 9.59 Å². The summed E-state index contributed by atoms with van der Waals surface area (Å²) in [5, 5.41) is 5.40. The van der Waals surface area contributed by atoms with Crippen LogP contribution in [-0.4, -0.2) is 24.8 Å². The first-order valence-electron chi connectivity index (χ1n) is 3.88. The fourth-order valence-electron chi connectivity index (χ4n) is 0.542. The second kappa shape index (κ2) is 6.02. The van der Waals surface area contributed by atoms with Gasteiger partial charge in [-0.05, 0) is 5.53 Å². The summed E-state index contributed by atoms with van der Waals surface area (Å²) < 4.78 is 0. The van der Waals surface area contributed by atoms with Gasteiger partial charge in [-0.2, -0.15) is 0 Å². The second-order valence-corrected chi connectivity index (χ2v) is 2.79. The maximum absolute atomic E-state index is 11.0. The van der Waals surface area contributed by atoms with Gasteiger partial charge < -0.3 is 5.32 Å². The minimum absolute atomic E-state index is 0.00253. The zero-order valence-electron chi connectivity index (χ0n) is 7.65. The van der Waals surface area contributed by atoms with Crippen molar-refractivity contribution in [2.24, 2.45) is 11.0 Å². The van der Waals surface area contributed by atoms with E-state index in [0.717, 1.165) is 0 Å². The van der Waals surface area contributed by atoms with Gasteiger partial charge in [0.2, 0.25) is 5.91 Å². The molecule has 13 heavy (non-hydrogen) atoms. The van der Waals surface area contributed by atoms with Crippen LogP contribution in [0.2, 0.25) is 0 Å². The van der Waals surface area contributed by atoms with Crippen molar-refractivity contribution in [3.05, 3.63) is 10.4 Å². The summed E-state index contributed by atoms with van der Waals surface area (Å²) >= 11 is 0. The first-order valence-corrected chi connectivity index (χ1v) is 3.88. The van der Waals surface area contributed by atoms with Crippen molar-refractivity contribution >= 4 is 11.7 Å². The van der Waals surface area contributed by atoms with Gasteiger partial charge in [-0.1, -0.05) is 19.0 Å². The van der Waals surface area contributed by atoms with Crippen molar-refractivity contribution in [3.8, 4) is 0 Å². The molecule has 0 atom stereocenters. The predicted molar refractivity (Wildman–Crippen MR) is 46.9 cm³/mol. The zero-order valence-corrected chi connectivity index (χ0v) is 7.65. The highest BCUT2D eigenvalue weighted by Crippen LogP contribution is 1.91. The Hall–Kier alpha value is -1.55. The first kappa shape index (κ1) is 11.4. The van der Waals surface area contributed by atoms with Gasteiger partial charge in [-0.15, -0.1) is 0 Å². The van der Waals surface area contributed by atoms with E-state index in [1.54, 1.807) is 13.8 Å². The van der Waals surface area contributed by atoms with Gasteiger partial charge in [0, 0.05) is 10.8 Å². The Morgan fingerprint density at radius 1 is 1.54 bits per heavy atom. The number of rotatable bonds is 5. The molecule has 1 N–H and O–H groups in total. The topological polar surface area (TPSA) is 94.9 Å². The Morgan fingerprint density at radius 2 is 2.15 bits per heavy atom. The third-order valence-electron chi connectivity index (χ3n) is 1.38. The molecule has 0 rings (SSSR count). The van der Waals surface area contributed by atoms with Gasteiger partial charge in [-0.25, -0.2) is 0 Å². The summed E-state index contributed by atoms with van der Waals surface area (Å²) in [6.45, 7) is 3.24. The van der Waals surface area contributed by atoms with E-state index in [-0.39, 0.29) is 24.8 Å². The fourth-order valence-corrected chi connectivity index (χ4v) is 0.542. The third-order valence-corrected chi connectivity index (χ3v) is 1.38. The van der Waals surface area contributed by atoms with E-state index in [1.165, 1.54) is 0 Å². The molecule has 0 heterocycles. The maximum Gasteiger partial charge on any atom is 0.226 e. The van der Waals surface area contributed by atoms with Crippen molar-refractivity contribution in [1.82, 2.24) is 5.32 Å². The SMILES string of the molecule is CC(C)C(=O)CNC(=O)CN=[N+]=[N-]. The summed E-state index contributed by atoms with van der Waals surface area (Å²) in [4.78, 5) is 24.2. The Kier molecular flexibility index (Phi) is 5.30. The van der Waals surface area contributed by atoms with Crippen LogP contribution < -0.4 is 5.32 Å². The lowest BCUT2D eigenvalue weighted by Crippen LogP contribution is -2.32. The molecule has 6 heteroatoms. The van der Waals surface area contributed by atoms with Gasteiger partial charge >= 0.3 is 0 Å². The van der Waals surface area contributed by atoms with E-state index in [2.05, 4.69) is 15.3 Å². The molecule has 0 aliphatic carbocycles. The molecule has 0 aromatic rings. The molecule has 0 fully saturated rings. The Morgan fingerprint density at radius 3 is 2.62 bits per heavy atom. The van der Waals surface area contributed by atoms with Crippen LogP contribution in [-0.2, 0) is 9.59 Å². The van der Waals surface area contributed by atoms with Crippen molar-refractivity contribution in [1.29, 1.82) is 0 Å². The summed E-state index contributed by atoms with van der Waals surface area (Å²) in [7, 11) is 0. The molecule has 0 saturated carbocycles. The van der Waals surface area contributed by atoms with Crippen molar-refractivity contribution in [2.75, 3.05) is 13.1 Å². The highest BCUT2D eigenvalue weighted by atomic mass is 16.2. The molecule has 0 aliphatic heterocycles. The Bertz CT molecular complexity index is 243. The number of carbonyl (C=O) groups excluding carboxylic acids is 2. The Balaban J connectivity index is 3.70. The standard InChI is InChI=1S/C7H12N4O2/c1-5(2)6(12)3-9-7(13)4-10-11-8/h5H,3-4H2,1-2H3,(H,9,13). The highest BCUT2D eigenvalue weighted by molar-refractivity contribution is 5.87. The Labute approximate surface area is 75.9 Å². The average Bonchev–Trinajstić information content (AvgIpc) is 2.10. The normalized spacial score (nSPS) is 9.15. The minimum Gasteiger partial charge on any atom is -0.349 e. The van der Waals surface area contributed by atoms with Crippen LogP contribution in [0, 0.1) is 5.92 Å². The molecule has 1 amide bonds. The number of azide groups is 1. The summed E-state index contributed by atoms with van der Waals surface area (Å²) in [6.07, 6.45) is 0. The molecule has 0 spiro atoms. The van der Waals surface area contributed by atoms with Crippen molar-refractivity contribution < 1.29 is 9.59 Å². The van der Waals surface area contributed by atoms with Crippen LogP contribution >= 0.6 is 0 Å². The molecule has 0 aromatic heterocycles. The zero-order chi connectivity index (χ0) is 10.3. The predicted octanol–water partition coefficient (Wildman–Crippen LogP) is 0.638.